The van der Waals surface area contributed by atoms with E-state index in [2.05, 4.69) is 4.85 Å². The van der Waals surface area contributed by atoms with E-state index in [1.165, 1.54) is 12.1 Å². The van der Waals surface area contributed by atoms with Gasteiger partial charge in [0.1, 0.15) is 5.82 Å². The maximum Gasteiger partial charge on any atom is 0.470 e. The normalized spacial score (nSPS) is 13.4. The molecule has 5 heteroatoms. The van der Waals surface area contributed by atoms with Gasteiger partial charge in [0.05, 0.1) is 5.56 Å². The van der Waals surface area contributed by atoms with Crippen LogP contribution >= 0.6 is 0 Å². The zero-order valence-electron chi connectivity index (χ0n) is 6.85. The van der Waals surface area contributed by atoms with Gasteiger partial charge in [-0.15, -0.1) is 0 Å². The number of hydrogen-bond donors (Lipinski definition) is 0. The lowest BCUT2D eigenvalue weighted by Crippen LogP contribution is -2.18. The first-order chi connectivity index (χ1) is 6.46. The lowest BCUT2D eigenvalue weighted by molar-refractivity contribution is -0.140. The van der Waals surface area contributed by atoms with Gasteiger partial charge < -0.3 is 0 Å². The Morgan fingerprint density at radius 1 is 1.21 bits per heavy atom. The van der Waals surface area contributed by atoms with Crippen LogP contribution in [0.4, 0.5) is 17.6 Å². The SMILES string of the molecule is [C-]#[N+]C(c1ccccc1F)C(F)(F)F. The standard InChI is InChI=1S/C9H5F4N/c1-14-8(9(11,12)13)6-4-2-3-5-7(6)10/h2-5,8H. The first-order valence-electron chi connectivity index (χ1n) is 3.64. The van der Waals surface area contributed by atoms with E-state index in [0.717, 1.165) is 12.1 Å². The molecule has 0 heterocycles. The van der Waals surface area contributed by atoms with Crippen molar-refractivity contribution in [2.24, 2.45) is 0 Å². The fourth-order valence-corrected chi connectivity index (χ4v) is 1.02. The summed E-state index contributed by atoms with van der Waals surface area (Å²) in [5.74, 6) is -1.01. The van der Waals surface area contributed by atoms with Crippen LogP contribution in [0.2, 0.25) is 0 Å². The molecule has 0 saturated carbocycles. The fraction of sp³-hybridized carbons (Fsp3) is 0.222. The lowest BCUT2D eigenvalue weighted by Gasteiger charge is -2.09. The maximum absolute atomic E-state index is 12.9. The second-order valence-corrected chi connectivity index (χ2v) is 2.59. The summed E-state index contributed by atoms with van der Waals surface area (Å²) in [6, 6.07) is 1.99. The van der Waals surface area contributed by atoms with Gasteiger partial charge in [0.2, 0.25) is 0 Å². The number of alkyl halides is 3. The molecule has 1 atom stereocenters. The number of rotatable bonds is 1. The number of halogens is 4. The molecule has 0 bridgehead atoms. The van der Waals surface area contributed by atoms with Gasteiger partial charge in [0.15, 0.2) is 0 Å². The van der Waals surface area contributed by atoms with E-state index in [1.807, 2.05) is 0 Å². The summed E-state index contributed by atoms with van der Waals surface area (Å²) >= 11 is 0. The summed E-state index contributed by atoms with van der Waals surface area (Å²) in [4.78, 5) is 2.38. The Bertz CT molecular complexity index is 364. The Hall–Kier alpha value is -1.57. The van der Waals surface area contributed by atoms with Crippen LogP contribution in [0.5, 0.6) is 0 Å². The molecule has 1 aromatic rings. The highest BCUT2D eigenvalue weighted by Crippen LogP contribution is 2.36. The van der Waals surface area contributed by atoms with E-state index in [0.29, 0.717) is 0 Å². The molecule has 0 N–H and O–H groups in total. The summed E-state index contributed by atoms with van der Waals surface area (Å²) in [5, 5.41) is 0. The average Bonchev–Trinajstić information content (AvgIpc) is 2.07. The van der Waals surface area contributed by atoms with Crippen LogP contribution < -0.4 is 0 Å². The third-order valence-corrected chi connectivity index (χ3v) is 1.64. The van der Waals surface area contributed by atoms with Crippen LogP contribution in [0.15, 0.2) is 24.3 Å². The molecule has 0 fully saturated rings. The Kier molecular flexibility index (Phi) is 2.75. The minimum atomic E-state index is -4.73. The van der Waals surface area contributed by atoms with Crippen LogP contribution in [0.25, 0.3) is 4.85 Å². The minimum absolute atomic E-state index is 0.630. The van der Waals surface area contributed by atoms with Crippen LogP contribution in [0, 0.1) is 12.4 Å². The monoisotopic (exact) mass is 203 g/mol. The van der Waals surface area contributed by atoms with E-state index >= 15 is 0 Å². The van der Waals surface area contributed by atoms with Gasteiger partial charge in [-0.3, -0.25) is 4.85 Å². The van der Waals surface area contributed by atoms with E-state index < -0.39 is 23.6 Å². The zero-order valence-corrected chi connectivity index (χ0v) is 6.85. The fourth-order valence-electron chi connectivity index (χ4n) is 1.02. The summed E-state index contributed by atoms with van der Waals surface area (Å²) in [7, 11) is 0. The summed E-state index contributed by atoms with van der Waals surface area (Å²) in [5.41, 5.74) is -0.630. The van der Waals surface area contributed by atoms with Crippen molar-refractivity contribution in [1.82, 2.24) is 0 Å². The van der Waals surface area contributed by atoms with Gasteiger partial charge in [-0.05, 0) is 12.1 Å². The Morgan fingerprint density at radius 3 is 2.21 bits per heavy atom. The Morgan fingerprint density at radius 2 is 1.79 bits per heavy atom. The van der Waals surface area contributed by atoms with Gasteiger partial charge in [-0.25, -0.2) is 11.0 Å². The summed E-state index contributed by atoms with van der Waals surface area (Å²) < 4.78 is 49.5. The largest absolute Gasteiger partial charge is 0.470 e. The molecule has 14 heavy (non-hydrogen) atoms. The average molecular weight is 203 g/mol. The first kappa shape index (κ1) is 10.5. The predicted molar refractivity (Wildman–Crippen MR) is 41.8 cm³/mol. The van der Waals surface area contributed by atoms with Crippen molar-refractivity contribution in [3.8, 4) is 0 Å². The molecule has 0 amide bonds. The molecule has 0 saturated heterocycles. The molecule has 0 aliphatic carbocycles. The number of benzene rings is 1. The first-order valence-corrected chi connectivity index (χ1v) is 3.64. The molecule has 1 aromatic carbocycles. The Balaban J connectivity index is 3.16. The highest BCUT2D eigenvalue weighted by atomic mass is 19.4. The van der Waals surface area contributed by atoms with Crippen molar-refractivity contribution in [1.29, 1.82) is 0 Å². The van der Waals surface area contributed by atoms with Gasteiger partial charge in [-0.1, -0.05) is 12.1 Å². The van der Waals surface area contributed by atoms with Crippen molar-refractivity contribution in [2.75, 3.05) is 0 Å². The Labute approximate surface area is 77.8 Å². The van der Waals surface area contributed by atoms with Gasteiger partial charge in [-0.2, -0.15) is 13.2 Å². The highest BCUT2D eigenvalue weighted by molar-refractivity contribution is 5.25. The third-order valence-electron chi connectivity index (χ3n) is 1.64. The van der Waals surface area contributed by atoms with Crippen molar-refractivity contribution in [2.45, 2.75) is 12.2 Å². The topological polar surface area (TPSA) is 4.36 Å². The maximum atomic E-state index is 12.9. The van der Waals surface area contributed by atoms with Crippen molar-refractivity contribution in [3.05, 3.63) is 47.1 Å². The molecule has 0 aromatic heterocycles. The van der Waals surface area contributed by atoms with Gasteiger partial charge >= 0.3 is 12.2 Å². The van der Waals surface area contributed by atoms with Crippen molar-refractivity contribution in [3.63, 3.8) is 0 Å². The summed E-state index contributed by atoms with van der Waals surface area (Å²) in [6.45, 7) is 6.39. The van der Waals surface area contributed by atoms with Crippen LogP contribution in [0.3, 0.4) is 0 Å². The molecule has 1 nitrogen and oxygen atoms in total. The number of nitrogens with zero attached hydrogens (tertiary/aromatic N) is 1. The van der Waals surface area contributed by atoms with E-state index in [9.17, 15) is 17.6 Å². The van der Waals surface area contributed by atoms with E-state index in [4.69, 9.17) is 6.57 Å². The molecular weight excluding hydrogens is 198 g/mol. The number of hydrogen-bond acceptors (Lipinski definition) is 0. The summed E-state index contributed by atoms with van der Waals surface area (Å²) in [6.07, 6.45) is -4.73. The molecule has 0 aliphatic heterocycles. The minimum Gasteiger partial charge on any atom is -0.298 e. The van der Waals surface area contributed by atoms with Crippen LogP contribution in [-0.4, -0.2) is 6.18 Å². The third kappa shape index (κ3) is 2.02. The quantitative estimate of drug-likeness (QED) is 0.487. The molecule has 1 unspecified atom stereocenters. The molecule has 74 valence electrons. The van der Waals surface area contributed by atoms with Gasteiger partial charge in [0, 0.05) is 0 Å². The second-order valence-electron chi connectivity index (χ2n) is 2.59. The predicted octanol–water partition coefficient (Wildman–Crippen LogP) is 3.35. The zero-order chi connectivity index (χ0) is 10.8. The van der Waals surface area contributed by atoms with Crippen molar-refractivity contribution >= 4 is 0 Å². The second kappa shape index (κ2) is 3.66. The molecule has 0 spiro atoms. The smallest absolute Gasteiger partial charge is 0.298 e. The molecular formula is C9H5F4N. The molecule has 1 rings (SSSR count). The van der Waals surface area contributed by atoms with E-state index in [-0.39, 0.29) is 0 Å². The van der Waals surface area contributed by atoms with Crippen LogP contribution in [0.1, 0.15) is 11.6 Å². The van der Waals surface area contributed by atoms with Crippen molar-refractivity contribution < 1.29 is 17.6 Å². The molecule has 0 aliphatic rings. The molecule has 0 radical (unpaired) electrons. The van der Waals surface area contributed by atoms with Gasteiger partial charge in [0.25, 0.3) is 0 Å². The highest BCUT2D eigenvalue weighted by Gasteiger charge is 2.48. The lowest BCUT2D eigenvalue weighted by atomic mass is 10.1. The van der Waals surface area contributed by atoms with E-state index in [1.54, 1.807) is 0 Å². The van der Waals surface area contributed by atoms with Crippen LogP contribution in [-0.2, 0) is 0 Å².